The summed E-state index contributed by atoms with van der Waals surface area (Å²) in [5.74, 6) is 0.892. The molecule has 1 aromatic heterocycles. The van der Waals surface area contributed by atoms with Gasteiger partial charge in [0.2, 0.25) is 5.88 Å². The van der Waals surface area contributed by atoms with Crippen LogP contribution in [0.2, 0.25) is 0 Å². The predicted octanol–water partition coefficient (Wildman–Crippen LogP) is 1.51. The maximum absolute atomic E-state index is 12.4. The fourth-order valence-electron chi connectivity index (χ4n) is 1.43. The predicted molar refractivity (Wildman–Crippen MR) is 62.7 cm³/mol. The Bertz CT molecular complexity index is 336. The second-order valence-corrected chi connectivity index (χ2v) is 3.39. The maximum Gasteiger partial charge on any atom is 0.255 e. The average Bonchev–Trinajstić information content (AvgIpc) is 2.29. The van der Waals surface area contributed by atoms with Crippen LogP contribution in [-0.2, 0) is 0 Å². The van der Waals surface area contributed by atoms with Gasteiger partial charge in [-0.2, -0.15) is 4.98 Å². The number of nitrogens with two attached hydrogens (primary N) is 1. The van der Waals surface area contributed by atoms with E-state index in [1.54, 1.807) is 18.2 Å². The lowest BCUT2D eigenvalue weighted by atomic mass is 10.4. The van der Waals surface area contributed by atoms with E-state index in [9.17, 15) is 8.78 Å². The van der Waals surface area contributed by atoms with E-state index in [2.05, 4.69) is 4.98 Å². The highest BCUT2D eigenvalue weighted by molar-refractivity contribution is 5.40. The summed E-state index contributed by atoms with van der Waals surface area (Å²) in [6.07, 6.45) is -2.42. The molecule has 17 heavy (non-hydrogen) atoms. The highest BCUT2D eigenvalue weighted by atomic mass is 19.3. The van der Waals surface area contributed by atoms with Crippen LogP contribution in [0.1, 0.15) is 6.92 Å². The molecule has 2 N–H and O–H groups in total. The van der Waals surface area contributed by atoms with Crippen LogP contribution in [0.4, 0.5) is 14.6 Å². The fourth-order valence-corrected chi connectivity index (χ4v) is 1.43. The van der Waals surface area contributed by atoms with E-state index in [0.717, 1.165) is 0 Å². The molecule has 6 heteroatoms. The number of pyridine rings is 1. The maximum atomic E-state index is 12.4. The fraction of sp³-hybridized carbons (Fsp3) is 0.545. The molecule has 4 nitrogen and oxygen atoms in total. The number of aromatic nitrogens is 1. The summed E-state index contributed by atoms with van der Waals surface area (Å²) >= 11 is 0. The Kier molecular flexibility index (Phi) is 5.62. The lowest BCUT2D eigenvalue weighted by Gasteiger charge is -2.22. The average molecular weight is 245 g/mol. The third-order valence-corrected chi connectivity index (χ3v) is 2.08. The molecule has 0 bridgehead atoms. The highest BCUT2D eigenvalue weighted by Crippen LogP contribution is 2.16. The Morgan fingerprint density at radius 1 is 1.47 bits per heavy atom. The van der Waals surface area contributed by atoms with Crippen LogP contribution in [0, 0.1) is 0 Å². The summed E-state index contributed by atoms with van der Waals surface area (Å²) in [5.41, 5.74) is 5.39. The number of hydrogen-bond acceptors (Lipinski definition) is 4. The van der Waals surface area contributed by atoms with Crippen molar-refractivity contribution < 1.29 is 13.5 Å². The summed E-state index contributed by atoms with van der Waals surface area (Å²) < 4.78 is 30.0. The van der Waals surface area contributed by atoms with Gasteiger partial charge in [0, 0.05) is 19.2 Å². The summed E-state index contributed by atoms with van der Waals surface area (Å²) in [5, 5.41) is 0. The molecule has 0 fully saturated rings. The molecule has 0 unspecified atom stereocenters. The molecule has 0 atom stereocenters. The van der Waals surface area contributed by atoms with Crippen molar-refractivity contribution in [3.8, 4) is 5.88 Å². The smallest absolute Gasteiger partial charge is 0.255 e. The third kappa shape index (κ3) is 4.52. The van der Waals surface area contributed by atoms with Crippen molar-refractivity contribution in [3.05, 3.63) is 18.2 Å². The zero-order valence-corrected chi connectivity index (χ0v) is 9.77. The minimum Gasteiger partial charge on any atom is -0.478 e. The number of alkyl halides is 2. The standard InChI is InChI=1S/C11H17F2N3O/c1-2-17-11-5-3-4-10(15-11)16(7-6-14)8-9(12)13/h3-5,9H,2,6-8,14H2,1H3. The van der Waals surface area contributed by atoms with Gasteiger partial charge in [-0.3, -0.25) is 0 Å². The van der Waals surface area contributed by atoms with Gasteiger partial charge in [0.25, 0.3) is 6.43 Å². The van der Waals surface area contributed by atoms with Gasteiger partial charge in [-0.1, -0.05) is 6.07 Å². The second kappa shape index (κ2) is 7.01. The number of hydrogen-bond donors (Lipinski definition) is 1. The van der Waals surface area contributed by atoms with E-state index in [4.69, 9.17) is 10.5 Å². The van der Waals surface area contributed by atoms with E-state index < -0.39 is 6.43 Å². The summed E-state index contributed by atoms with van der Waals surface area (Å²) in [7, 11) is 0. The van der Waals surface area contributed by atoms with E-state index in [1.165, 1.54) is 4.90 Å². The summed E-state index contributed by atoms with van der Waals surface area (Å²) in [6.45, 7) is 2.59. The number of rotatable bonds is 7. The molecule has 0 aromatic carbocycles. The SMILES string of the molecule is CCOc1cccc(N(CCN)CC(F)F)n1. The van der Waals surface area contributed by atoms with Crippen LogP contribution in [0.5, 0.6) is 5.88 Å². The van der Waals surface area contributed by atoms with Gasteiger partial charge in [0.15, 0.2) is 0 Å². The van der Waals surface area contributed by atoms with E-state index in [1.807, 2.05) is 6.92 Å². The Labute approximate surface area is 99.4 Å². The first-order chi connectivity index (χ1) is 8.17. The topological polar surface area (TPSA) is 51.4 Å². The van der Waals surface area contributed by atoms with Gasteiger partial charge in [-0.05, 0) is 13.0 Å². The van der Waals surface area contributed by atoms with E-state index >= 15 is 0 Å². The monoisotopic (exact) mass is 245 g/mol. The van der Waals surface area contributed by atoms with Crippen LogP contribution in [0.15, 0.2) is 18.2 Å². The molecular formula is C11H17F2N3O. The largest absolute Gasteiger partial charge is 0.478 e. The first kappa shape index (κ1) is 13.6. The zero-order chi connectivity index (χ0) is 12.7. The molecule has 96 valence electrons. The van der Waals surface area contributed by atoms with E-state index in [0.29, 0.717) is 31.4 Å². The normalized spacial score (nSPS) is 10.6. The molecule has 0 aliphatic rings. The third-order valence-electron chi connectivity index (χ3n) is 2.08. The van der Waals surface area contributed by atoms with Gasteiger partial charge in [-0.25, -0.2) is 8.78 Å². The molecule has 0 spiro atoms. The van der Waals surface area contributed by atoms with Crippen LogP contribution < -0.4 is 15.4 Å². The number of ether oxygens (including phenoxy) is 1. The zero-order valence-electron chi connectivity index (χ0n) is 9.77. The molecule has 1 aromatic rings. The summed E-state index contributed by atoms with van der Waals surface area (Å²) in [6, 6.07) is 5.08. The van der Waals surface area contributed by atoms with Gasteiger partial charge >= 0.3 is 0 Å². The lowest BCUT2D eigenvalue weighted by molar-refractivity contribution is 0.154. The molecule has 1 heterocycles. The Morgan fingerprint density at radius 3 is 2.82 bits per heavy atom. The van der Waals surface area contributed by atoms with Crippen molar-refractivity contribution >= 4 is 5.82 Å². The Hall–Kier alpha value is -1.43. The number of halogens is 2. The van der Waals surface area contributed by atoms with Crippen molar-refractivity contribution in [1.82, 2.24) is 4.98 Å². The molecule has 0 radical (unpaired) electrons. The van der Waals surface area contributed by atoms with Gasteiger partial charge in [0.05, 0.1) is 13.2 Å². The molecule has 0 aliphatic carbocycles. The first-order valence-electron chi connectivity index (χ1n) is 5.50. The van der Waals surface area contributed by atoms with Crippen LogP contribution in [0.3, 0.4) is 0 Å². The molecule has 0 saturated heterocycles. The molecule has 0 amide bonds. The van der Waals surface area contributed by atoms with Crippen LogP contribution in [0.25, 0.3) is 0 Å². The second-order valence-electron chi connectivity index (χ2n) is 3.39. The van der Waals surface area contributed by atoms with Gasteiger partial charge in [0.1, 0.15) is 5.82 Å². The van der Waals surface area contributed by atoms with E-state index in [-0.39, 0.29) is 6.54 Å². The van der Waals surface area contributed by atoms with Crippen LogP contribution >= 0.6 is 0 Å². The van der Waals surface area contributed by atoms with Gasteiger partial charge in [-0.15, -0.1) is 0 Å². The molecular weight excluding hydrogens is 228 g/mol. The summed E-state index contributed by atoms with van der Waals surface area (Å²) in [4.78, 5) is 5.60. The molecule has 0 saturated carbocycles. The number of nitrogens with zero attached hydrogens (tertiary/aromatic N) is 2. The number of anilines is 1. The van der Waals surface area contributed by atoms with Gasteiger partial charge < -0.3 is 15.4 Å². The lowest BCUT2D eigenvalue weighted by Crippen LogP contribution is -2.34. The van der Waals surface area contributed by atoms with Crippen molar-refractivity contribution in [2.75, 3.05) is 31.1 Å². The Balaban J connectivity index is 2.81. The van der Waals surface area contributed by atoms with Crippen molar-refractivity contribution in [3.63, 3.8) is 0 Å². The Morgan fingerprint density at radius 2 is 2.24 bits per heavy atom. The van der Waals surface area contributed by atoms with Crippen molar-refractivity contribution in [2.24, 2.45) is 5.73 Å². The van der Waals surface area contributed by atoms with Crippen molar-refractivity contribution in [2.45, 2.75) is 13.3 Å². The first-order valence-corrected chi connectivity index (χ1v) is 5.50. The molecule has 0 aliphatic heterocycles. The quantitative estimate of drug-likeness (QED) is 0.791. The highest BCUT2D eigenvalue weighted by Gasteiger charge is 2.13. The molecule has 1 rings (SSSR count). The minimum absolute atomic E-state index is 0.299. The van der Waals surface area contributed by atoms with Crippen molar-refractivity contribution in [1.29, 1.82) is 0 Å². The van der Waals surface area contributed by atoms with Crippen LogP contribution in [-0.4, -0.2) is 37.7 Å². The minimum atomic E-state index is -2.42.